The van der Waals surface area contributed by atoms with E-state index in [2.05, 4.69) is 15.9 Å². The van der Waals surface area contributed by atoms with E-state index in [4.69, 9.17) is 4.74 Å². The summed E-state index contributed by atoms with van der Waals surface area (Å²) in [5.74, 6) is -0.527. The summed E-state index contributed by atoms with van der Waals surface area (Å²) in [5, 5.41) is 2.02. The number of halogens is 1. The Morgan fingerprint density at radius 1 is 1.14 bits per heavy atom. The Morgan fingerprint density at radius 2 is 1.95 bits per heavy atom. The number of hydrogen-bond donors (Lipinski definition) is 0. The van der Waals surface area contributed by atoms with Gasteiger partial charge in [0.15, 0.2) is 6.61 Å². The van der Waals surface area contributed by atoms with Crippen LogP contribution in [0.15, 0.2) is 46.3 Å². The van der Waals surface area contributed by atoms with Crippen LogP contribution in [0.1, 0.15) is 28.1 Å². The molecule has 0 N–H and O–H groups in total. The Balaban J connectivity index is 1.71. The van der Waals surface area contributed by atoms with Gasteiger partial charge in [-0.2, -0.15) is 0 Å². The zero-order valence-electron chi connectivity index (χ0n) is 11.4. The molecule has 0 saturated carbocycles. The molecule has 21 heavy (non-hydrogen) atoms. The van der Waals surface area contributed by atoms with Crippen LogP contribution < -0.4 is 0 Å². The first-order chi connectivity index (χ1) is 10.2. The molecular formula is C16H15BrO3S. The highest BCUT2D eigenvalue weighted by Crippen LogP contribution is 2.16. The van der Waals surface area contributed by atoms with E-state index in [1.165, 1.54) is 4.88 Å². The van der Waals surface area contributed by atoms with Crippen LogP contribution >= 0.6 is 27.3 Å². The minimum atomic E-state index is -0.327. The van der Waals surface area contributed by atoms with E-state index in [0.717, 1.165) is 12.8 Å². The number of esters is 1. The molecule has 2 rings (SSSR count). The number of ether oxygens (including phenoxy) is 1. The Hall–Kier alpha value is -1.46. The number of aryl methyl sites for hydroxylation is 1. The lowest BCUT2D eigenvalue weighted by atomic mass is 10.1. The van der Waals surface area contributed by atoms with Crippen molar-refractivity contribution in [3.05, 3.63) is 56.7 Å². The predicted molar refractivity (Wildman–Crippen MR) is 86.7 cm³/mol. The molecule has 110 valence electrons. The van der Waals surface area contributed by atoms with Crippen LogP contribution in [0.4, 0.5) is 0 Å². The normalized spacial score (nSPS) is 10.3. The Bertz CT molecular complexity index is 608. The van der Waals surface area contributed by atoms with Crippen LogP contribution in [-0.2, 0) is 16.0 Å². The van der Waals surface area contributed by atoms with Gasteiger partial charge in [-0.25, -0.2) is 0 Å². The first kappa shape index (κ1) is 15.9. The van der Waals surface area contributed by atoms with Crippen molar-refractivity contribution in [1.29, 1.82) is 0 Å². The molecule has 0 amide bonds. The number of ketones is 1. The minimum Gasteiger partial charge on any atom is -0.457 e. The van der Waals surface area contributed by atoms with Gasteiger partial charge in [-0.05, 0) is 30.4 Å². The van der Waals surface area contributed by atoms with E-state index < -0.39 is 0 Å². The van der Waals surface area contributed by atoms with Gasteiger partial charge in [0.05, 0.1) is 0 Å². The Morgan fingerprint density at radius 3 is 2.67 bits per heavy atom. The van der Waals surface area contributed by atoms with Gasteiger partial charge in [-0.1, -0.05) is 40.2 Å². The average molecular weight is 367 g/mol. The number of rotatable bonds is 7. The summed E-state index contributed by atoms with van der Waals surface area (Å²) in [7, 11) is 0. The second kappa shape index (κ2) is 8.10. The Kier molecular flexibility index (Phi) is 6.14. The zero-order valence-corrected chi connectivity index (χ0v) is 13.8. The van der Waals surface area contributed by atoms with E-state index >= 15 is 0 Å². The van der Waals surface area contributed by atoms with Gasteiger partial charge in [0, 0.05) is 21.3 Å². The largest absolute Gasteiger partial charge is 0.457 e. The molecule has 1 heterocycles. The van der Waals surface area contributed by atoms with E-state index in [1.54, 1.807) is 29.5 Å². The van der Waals surface area contributed by atoms with Crippen molar-refractivity contribution in [2.75, 3.05) is 6.61 Å². The summed E-state index contributed by atoms with van der Waals surface area (Å²) >= 11 is 4.99. The lowest BCUT2D eigenvalue weighted by molar-refractivity contribution is -0.142. The molecule has 1 aromatic carbocycles. The third kappa shape index (κ3) is 5.10. The second-order valence-electron chi connectivity index (χ2n) is 4.50. The molecule has 0 saturated heterocycles. The summed E-state index contributed by atoms with van der Waals surface area (Å²) in [4.78, 5) is 24.8. The molecule has 0 fully saturated rings. The van der Waals surface area contributed by atoms with Gasteiger partial charge >= 0.3 is 5.97 Å². The SMILES string of the molecule is O=C(CCCc1cccs1)OCC(=O)c1ccccc1Br. The molecular weight excluding hydrogens is 352 g/mol. The quantitative estimate of drug-likeness (QED) is 0.543. The third-order valence-electron chi connectivity index (χ3n) is 2.92. The van der Waals surface area contributed by atoms with E-state index in [1.807, 2.05) is 23.6 Å². The van der Waals surface area contributed by atoms with Crippen molar-refractivity contribution >= 4 is 39.0 Å². The molecule has 0 atom stereocenters. The molecule has 3 nitrogen and oxygen atoms in total. The Labute approximate surface area is 136 Å². The van der Waals surface area contributed by atoms with Crippen LogP contribution in [0.5, 0.6) is 0 Å². The summed E-state index contributed by atoms with van der Waals surface area (Å²) < 4.78 is 5.74. The second-order valence-corrected chi connectivity index (χ2v) is 6.38. The fourth-order valence-corrected chi connectivity index (χ4v) is 3.10. The van der Waals surface area contributed by atoms with Gasteiger partial charge in [-0.15, -0.1) is 11.3 Å². The summed E-state index contributed by atoms with van der Waals surface area (Å²) in [6, 6.07) is 11.1. The minimum absolute atomic E-state index is 0.200. The molecule has 0 bridgehead atoms. The smallest absolute Gasteiger partial charge is 0.306 e. The maximum Gasteiger partial charge on any atom is 0.306 e. The highest BCUT2D eigenvalue weighted by atomic mass is 79.9. The van der Waals surface area contributed by atoms with Crippen LogP contribution in [0, 0.1) is 0 Å². The molecule has 0 spiro atoms. The fraction of sp³-hybridized carbons (Fsp3) is 0.250. The number of hydrogen-bond acceptors (Lipinski definition) is 4. The maximum atomic E-state index is 11.9. The van der Waals surface area contributed by atoms with Crippen LogP contribution in [0.25, 0.3) is 0 Å². The first-order valence-electron chi connectivity index (χ1n) is 6.62. The number of benzene rings is 1. The number of carbonyl (C=O) groups is 2. The van der Waals surface area contributed by atoms with E-state index in [0.29, 0.717) is 16.5 Å². The standard InChI is InChI=1S/C16H15BrO3S/c17-14-8-2-1-7-13(14)15(18)11-20-16(19)9-3-5-12-6-4-10-21-12/h1-2,4,6-8,10H,3,5,9,11H2. The van der Waals surface area contributed by atoms with Crippen LogP contribution in [-0.4, -0.2) is 18.4 Å². The predicted octanol–water partition coefficient (Wildman–Crippen LogP) is 4.26. The third-order valence-corrected chi connectivity index (χ3v) is 4.55. The van der Waals surface area contributed by atoms with E-state index in [9.17, 15) is 9.59 Å². The molecule has 0 aliphatic heterocycles. The molecule has 5 heteroatoms. The molecule has 0 aliphatic carbocycles. The van der Waals surface area contributed by atoms with Crippen LogP contribution in [0.3, 0.4) is 0 Å². The highest BCUT2D eigenvalue weighted by molar-refractivity contribution is 9.10. The summed E-state index contributed by atoms with van der Waals surface area (Å²) in [6.45, 7) is -0.208. The number of Topliss-reactive ketones (excluding diaryl/α,β-unsaturated/α-hetero) is 1. The first-order valence-corrected chi connectivity index (χ1v) is 8.30. The van der Waals surface area contributed by atoms with Gasteiger partial charge < -0.3 is 4.74 Å². The average Bonchev–Trinajstić information content (AvgIpc) is 2.98. The molecule has 2 aromatic rings. The summed E-state index contributed by atoms with van der Waals surface area (Å²) in [5.41, 5.74) is 0.531. The zero-order chi connectivity index (χ0) is 15.1. The van der Waals surface area contributed by atoms with Crippen molar-refractivity contribution in [1.82, 2.24) is 0 Å². The molecule has 0 aliphatic rings. The highest BCUT2D eigenvalue weighted by Gasteiger charge is 2.12. The van der Waals surface area contributed by atoms with Gasteiger partial charge in [0.25, 0.3) is 0 Å². The monoisotopic (exact) mass is 366 g/mol. The molecule has 0 radical (unpaired) electrons. The van der Waals surface area contributed by atoms with Crippen molar-refractivity contribution in [3.63, 3.8) is 0 Å². The van der Waals surface area contributed by atoms with Crippen molar-refractivity contribution in [3.8, 4) is 0 Å². The molecule has 1 aromatic heterocycles. The van der Waals surface area contributed by atoms with Crippen molar-refractivity contribution < 1.29 is 14.3 Å². The lowest BCUT2D eigenvalue weighted by Crippen LogP contribution is -2.14. The maximum absolute atomic E-state index is 11.9. The van der Waals surface area contributed by atoms with Crippen molar-refractivity contribution in [2.45, 2.75) is 19.3 Å². The topological polar surface area (TPSA) is 43.4 Å². The molecule has 0 unspecified atom stereocenters. The van der Waals surface area contributed by atoms with Crippen molar-refractivity contribution in [2.24, 2.45) is 0 Å². The van der Waals surface area contributed by atoms with Gasteiger partial charge in [0.2, 0.25) is 5.78 Å². The van der Waals surface area contributed by atoms with Crippen LogP contribution in [0.2, 0.25) is 0 Å². The van der Waals surface area contributed by atoms with Gasteiger partial charge in [0.1, 0.15) is 0 Å². The fourth-order valence-electron chi connectivity index (χ4n) is 1.85. The number of thiophene rings is 1. The lowest BCUT2D eigenvalue weighted by Gasteiger charge is -2.05. The summed E-state index contributed by atoms with van der Waals surface area (Å²) in [6.07, 6.45) is 1.94. The van der Waals surface area contributed by atoms with Gasteiger partial charge in [-0.3, -0.25) is 9.59 Å². The van der Waals surface area contributed by atoms with E-state index in [-0.39, 0.29) is 18.4 Å². The number of carbonyl (C=O) groups excluding carboxylic acids is 2.